The van der Waals surface area contributed by atoms with Crippen molar-refractivity contribution in [1.29, 1.82) is 0 Å². The minimum absolute atomic E-state index is 1.14. The number of nitrogens with zero attached hydrogens (tertiary/aromatic N) is 4. The Labute approximate surface area is 299 Å². The molecule has 0 saturated heterocycles. The summed E-state index contributed by atoms with van der Waals surface area (Å²) >= 11 is 0. The molecule has 0 spiro atoms. The summed E-state index contributed by atoms with van der Waals surface area (Å²) in [6.45, 7) is 0. The molecular weight excluding hydrogens is 633 g/mol. The molecule has 0 fully saturated rings. The van der Waals surface area contributed by atoms with Crippen molar-refractivity contribution >= 4 is 82.5 Å². The van der Waals surface area contributed by atoms with E-state index >= 15 is 0 Å². The van der Waals surface area contributed by atoms with Crippen LogP contribution in [0.1, 0.15) is 0 Å². The summed E-state index contributed by atoms with van der Waals surface area (Å²) in [5.41, 5.74) is 14.3. The van der Waals surface area contributed by atoms with Gasteiger partial charge in [-0.3, -0.25) is 0 Å². The van der Waals surface area contributed by atoms with Crippen LogP contribution in [-0.2, 0) is 0 Å². The van der Waals surface area contributed by atoms with E-state index in [4.69, 9.17) is 0 Å². The van der Waals surface area contributed by atoms with Crippen molar-refractivity contribution in [3.63, 3.8) is 0 Å². The van der Waals surface area contributed by atoms with E-state index in [2.05, 4.69) is 201 Å². The Hall–Kier alpha value is -7.04. The Morgan fingerprint density at radius 2 is 0.731 bits per heavy atom. The van der Waals surface area contributed by atoms with E-state index in [-0.39, 0.29) is 0 Å². The highest BCUT2D eigenvalue weighted by Crippen LogP contribution is 2.51. The minimum atomic E-state index is 1.14. The van der Waals surface area contributed by atoms with Gasteiger partial charge in [0.2, 0.25) is 0 Å². The van der Waals surface area contributed by atoms with Gasteiger partial charge in [0.15, 0.2) is 0 Å². The molecule has 0 radical (unpaired) electrons. The van der Waals surface area contributed by atoms with Crippen LogP contribution in [-0.4, -0.2) is 13.7 Å². The molecule has 4 nitrogen and oxygen atoms in total. The number of rotatable bonds is 3. The highest BCUT2D eigenvalue weighted by atomic mass is 15.2. The van der Waals surface area contributed by atoms with Crippen molar-refractivity contribution < 1.29 is 0 Å². The molecule has 0 unspecified atom stereocenters. The van der Waals surface area contributed by atoms with Crippen LogP contribution in [0.15, 0.2) is 182 Å². The molecule has 0 aliphatic carbocycles. The van der Waals surface area contributed by atoms with Crippen molar-refractivity contribution in [1.82, 2.24) is 13.7 Å². The molecule has 0 saturated carbocycles. The first-order valence-electron chi connectivity index (χ1n) is 17.9. The molecule has 4 heterocycles. The SMILES string of the molecule is c1ccc(-n2c3ccccc3c3cc(N4c5ccccc5-n5c6cc7c8ccccc8n(-c8ccccc8)c7cc6c6cccc4c65)ccc32)cc1. The number of fused-ring (bicyclic) bond motifs is 11. The van der Waals surface area contributed by atoms with E-state index < -0.39 is 0 Å². The van der Waals surface area contributed by atoms with Crippen molar-refractivity contribution in [3.05, 3.63) is 182 Å². The molecule has 12 rings (SSSR count). The second-order valence-electron chi connectivity index (χ2n) is 13.8. The number of aromatic nitrogens is 3. The van der Waals surface area contributed by atoms with Gasteiger partial charge in [-0.05, 0) is 84.9 Å². The molecule has 8 aromatic carbocycles. The van der Waals surface area contributed by atoms with E-state index in [0.29, 0.717) is 0 Å². The first-order valence-corrected chi connectivity index (χ1v) is 17.9. The summed E-state index contributed by atoms with van der Waals surface area (Å²) in [6.07, 6.45) is 0. The summed E-state index contributed by atoms with van der Waals surface area (Å²) in [5.74, 6) is 0. The fourth-order valence-electron chi connectivity index (χ4n) is 9.00. The Bertz CT molecular complexity index is 3230. The number of hydrogen-bond acceptors (Lipinski definition) is 1. The molecular formula is C48H30N4. The molecule has 0 amide bonds. The maximum atomic E-state index is 2.50. The minimum Gasteiger partial charge on any atom is -0.309 e. The van der Waals surface area contributed by atoms with Crippen LogP contribution in [0, 0.1) is 0 Å². The van der Waals surface area contributed by atoms with Crippen molar-refractivity contribution in [2.75, 3.05) is 4.90 Å². The zero-order valence-corrected chi connectivity index (χ0v) is 28.1. The average molecular weight is 663 g/mol. The van der Waals surface area contributed by atoms with E-state index in [1.165, 1.54) is 88.2 Å². The topological polar surface area (TPSA) is 18.0 Å². The van der Waals surface area contributed by atoms with Crippen LogP contribution in [0.4, 0.5) is 17.1 Å². The number of benzene rings is 8. The summed E-state index contributed by atoms with van der Waals surface area (Å²) in [4.78, 5) is 2.46. The predicted molar refractivity (Wildman–Crippen MR) is 218 cm³/mol. The monoisotopic (exact) mass is 662 g/mol. The Kier molecular flexibility index (Phi) is 5.47. The van der Waals surface area contributed by atoms with Gasteiger partial charge in [-0.15, -0.1) is 0 Å². The maximum absolute atomic E-state index is 2.50. The van der Waals surface area contributed by atoms with Crippen LogP contribution in [0.3, 0.4) is 0 Å². The van der Waals surface area contributed by atoms with Gasteiger partial charge < -0.3 is 18.6 Å². The van der Waals surface area contributed by atoms with Gasteiger partial charge in [-0.25, -0.2) is 0 Å². The van der Waals surface area contributed by atoms with Crippen LogP contribution < -0.4 is 4.90 Å². The molecule has 52 heavy (non-hydrogen) atoms. The maximum Gasteiger partial charge on any atom is 0.0783 e. The molecule has 1 aliphatic rings. The average Bonchev–Trinajstić information content (AvgIpc) is 3.84. The van der Waals surface area contributed by atoms with Gasteiger partial charge >= 0.3 is 0 Å². The van der Waals surface area contributed by atoms with Gasteiger partial charge in [0.1, 0.15) is 0 Å². The van der Waals surface area contributed by atoms with Gasteiger partial charge in [-0.1, -0.05) is 97.1 Å². The quantitative estimate of drug-likeness (QED) is 0.184. The van der Waals surface area contributed by atoms with Gasteiger partial charge in [0.05, 0.1) is 50.2 Å². The van der Waals surface area contributed by atoms with Crippen LogP contribution >= 0.6 is 0 Å². The zero-order chi connectivity index (χ0) is 33.9. The summed E-state index contributed by atoms with van der Waals surface area (Å²) in [5, 5.41) is 7.51. The van der Waals surface area contributed by atoms with Gasteiger partial charge in [0.25, 0.3) is 0 Å². The van der Waals surface area contributed by atoms with Crippen molar-refractivity contribution in [2.45, 2.75) is 0 Å². The fraction of sp³-hybridized carbons (Fsp3) is 0. The first-order chi connectivity index (χ1) is 25.8. The molecule has 0 N–H and O–H groups in total. The fourth-order valence-corrected chi connectivity index (χ4v) is 9.00. The van der Waals surface area contributed by atoms with E-state index in [9.17, 15) is 0 Å². The Balaban J connectivity index is 1.15. The number of anilines is 3. The summed E-state index contributed by atoms with van der Waals surface area (Å²) in [6, 6.07) is 66.4. The molecule has 4 heteroatoms. The number of hydrogen-bond donors (Lipinski definition) is 0. The predicted octanol–water partition coefficient (Wildman–Crippen LogP) is 12.8. The molecule has 3 aromatic heterocycles. The molecule has 1 aliphatic heterocycles. The van der Waals surface area contributed by atoms with Gasteiger partial charge in [0, 0.05) is 49.4 Å². The van der Waals surface area contributed by atoms with Crippen LogP contribution in [0.5, 0.6) is 0 Å². The third-order valence-electron chi connectivity index (χ3n) is 11.1. The molecule has 242 valence electrons. The molecule has 0 atom stereocenters. The van der Waals surface area contributed by atoms with Crippen molar-refractivity contribution in [2.24, 2.45) is 0 Å². The first kappa shape index (κ1) is 27.7. The van der Waals surface area contributed by atoms with Crippen molar-refractivity contribution in [3.8, 4) is 17.1 Å². The lowest BCUT2D eigenvalue weighted by molar-refractivity contribution is 1.11. The third kappa shape index (κ3) is 3.60. The molecule has 11 aromatic rings. The van der Waals surface area contributed by atoms with Crippen LogP contribution in [0.25, 0.3) is 82.5 Å². The number of para-hydroxylation sites is 7. The highest BCUT2D eigenvalue weighted by Gasteiger charge is 2.29. The standard InChI is InChI=1S/C48H30N4/c1-3-14-31(15-4-1)49-40-21-9-7-18-34(40)37-28-33(26-27-42(37)49)51-43-23-11-12-24-44(43)52-47-29-38-35-19-8-10-22-41(35)50(32-16-5-2-6-17-32)46(38)30-39(47)36-20-13-25-45(51)48(36)52/h1-30H. The second-order valence-corrected chi connectivity index (χ2v) is 13.8. The zero-order valence-electron chi connectivity index (χ0n) is 28.1. The Morgan fingerprint density at radius 1 is 0.250 bits per heavy atom. The normalized spacial score (nSPS) is 12.6. The summed E-state index contributed by atoms with van der Waals surface area (Å²) < 4.78 is 7.30. The lowest BCUT2D eigenvalue weighted by atomic mass is 10.1. The lowest BCUT2D eigenvalue weighted by Crippen LogP contribution is -2.18. The second kappa shape index (κ2) is 10.3. The largest absolute Gasteiger partial charge is 0.309 e. The van der Waals surface area contributed by atoms with E-state index in [1.807, 2.05) is 0 Å². The third-order valence-corrected chi connectivity index (χ3v) is 11.1. The smallest absolute Gasteiger partial charge is 0.0783 e. The van der Waals surface area contributed by atoms with Crippen LogP contribution in [0.2, 0.25) is 0 Å². The van der Waals surface area contributed by atoms with E-state index in [1.54, 1.807) is 0 Å². The van der Waals surface area contributed by atoms with Gasteiger partial charge in [-0.2, -0.15) is 0 Å². The van der Waals surface area contributed by atoms with E-state index in [0.717, 1.165) is 11.4 Å². The Morgan fingerprint density at radius 3 is 1.42 bits per heavy atom. The summed E-state index contributed by atoms with van der Waals surface area (Å²) in [7, 11) is 0. The molecule has 0 bridgehead atoms. The highest BCUT2D eigenvalue weighted by molar-refractivity contribution is 6.22. The lowest BCUT2D eigenvalue weighted by Gasteiger charge is -2.33.